The highest BCUT2D eigenvalue weighted by Gasteiger charge is 2.38. The van der Waals surface area contributed by atoms with Gasteiger partial charge in [0.15, 0.2) is 5.13 Å². The molecule has 0 radical (unpaired) electrons. The zero-order valence-corrected chi connectivity index (χ0v) is 22.3. The minimum atomic E-state index is -0.471. The number of hydrogen-bond donors (Lipinski definition) is 2. The van der Waals surface area contributed by atoms with Gasteiger partial charge in [-0.25, -0.2) is 19.7 Å². The van der Waals surface area contributed by atoms with Crippen LogP contribution in [0.4, 0.5) is 15.9 Å². The van der Waals surface area contributed by atoms with Crippen LogP contribution in [-0.4, -0.2) is 58.7 Å². The molecule has 2 amide bonds. The summed E-state index contributed by atoms with van der Waals surface area (Å²) in [4.78, 5) is 44.8. The number of thiazole rings is 1. The highest BCUT2D eigenvalue weighted by Crippen LogP contribution is 2.38. The topological polar surface area (TPSA) is 122 Å². The predicted octanol–water partition coefficient (Wildman–Crippen LogP) is 4.74. The number of piperidine rings is 1. The van der Waals surface area contributed by atoms with Gasteiger partial charge in [-0.1, -0.05) is 17.4 Å². The second-order valence-electron chi connectivity index (χ2n) is 9.40. The summed E-state index contributed by atoms with van der Waals surface area (Å²) in [5.74, 6) is 0.465. The van der Waals surface area contributed by atoms with Crippen molar-refractivity contribution in [2.75, 3.05) is 37.0 Å². The number of carbonyl (C=O) groups excluding carboxylic acids is 2. The molecule has 0 bridgehead atoms. The number of carbonyl (C=O) groups is 2. The smallest absolute Gasteiger partial charge is 0.321 e. The Bertz CT molecular complexity index is 1450. The van der Waals surface area contributed by atoms with Crippen LogP contribution in [0, 0.1) is 5.41 Å². The summed E-state index contributed by atoms with van der Waals surface area (Å²) in [5.41, 5.74) is 3.75. The highest BCUT2D eigenvalue weighted by molar-refractivity contribution is 7.22. The van der Waals surface area contributed by atoms with Crippen molar-refractivity contribution in [1.29, 1.82) is 0 Å². The van der Waals surface area contributed by atoms with Gasteiger partial charge in [0.05, 0.1) is 28.4 Å². The second kappa shape index (κ2) is 10.7. The van der Waals surface area contributed by atoms with E-state index in [1.165, 1.54) is 18.4 Å². The number of hydrogen-bond acceptors (Lipinski definition) is 9. The van der Waals surface area contributed by atoms with Crippen molar-refractivity contribution in [3.8, 4) is 22.4 Å². The van der Waals surface area contributed by atoms with Crippen molar-refractivity contribution in [2.45, 2.75) is 26.7 Å². The number of rotatable bonds is 6. The van der Waals surface area contributed by atoms with E-state index in [0.29, 0.717) is 43.6 Å². The summed E-state index contributed by atoms with van der Waals surface area (Å²) in [6.45, 7) is 5.70. The Kier molecular flexibility index (Phi) is 7.19. The molecule has 3 aromatic heterocycles. The Morgan fingerprint density at radius 2 is 1.87 bits per heavy atom. The first kappa shape index (κ1) is 25.5. The molecule has 4 heterocycles. The van der Waals surface area contributed by atoms with E-state index in [1.54, 1.807) is 18.6 Å². The van der Waals surface area contributed by atoms with Gasteiger partial charge in [0.25, 0.3) is 0 Å². The lowest BCUT2D eigenvalue weighted by atomic mass is 9.80. The van der Waals surface area contributed by atoms with Crippen molar-refractivity contribution in [1.82, 2.24) is 25.3 Å². The molecule has 0 saturated carbocycles. The van der Waals surface area contributed by atoms with Crippen molar-refractivity contribution in [3.63, 3.8) is 0 Å². The molecule has 0 unspecified atom stereocenters. The van der Waals surface area contributed by atoms with E-state index in [-0.39, 0.29) is 12.0 Å². The SMILES string of the molecule is CCNC(=O)Nc1nc2cc(-c3cnc(N4CCC(C)(C(=O)OC)CC4)nc3)cc(-c3ccccn3)c2s1. The van der Waals surface area contributed by atoms with Crippen LogP contribution in [-0.2, 0) is 9.53 Å². The Morgan fingerprint density at radius 1 is 1.11 bits per heavy atom. The Morgan fingerprint density at radius 3 is 2.53 bits per heavy atom. The molecule has 1 fully saturated rings. The number of benzene rings is 1. The van der Waals surface area contributed by atoms with Crippen molar-refractivity contribution in [3.05, 3.63) is 48.9 Å². The van der Waals surface area contributed by atoms with Crippen LogP contribution in [0.25, 0.3) is 32.6 Å². The van der Waals surface area contributed by atoms with Gasteiger partial charge in [0.1, 0.15) is 0 Å². The summed E-state index contributed by atoms with van der Waals surface area (Å²) in [6.07, 6.45) is 6.74. The monoisotopic (exact) mass is 531 g/mol. The number of aromatic nitrogens is 4. The number of methoxy groups -OCH3 is 1. The molecule has 2 N–H and O–H groups in total. The lowest BCUT2D eigenvalue weighted by molar-refractivity contribution is -0.152. The second-order valence-corrected chi connectivity index (χ2v) is 10.4. The number of pyridine rings is 1. The van der Waals surface area contributed by atoms with Crippen LogP contribution < -0.4 is 15.5 Å². The largest absolute Gasteiger partial charge is 0.469 e. The molecule has 38 heavy (non-hydrogen) atoms. The molecule has 1 aliphatic heterocycles. The molecule has 5 rings (SSSR count). The van der Waals surface area contributed by atoms with Crippen LogP contribution in [0.1, 0.15) is 26.7 Å². The highest BCUT2D eigenvalue weighted by atomic mass is 32.1. The van der Waals surface area contributed by atoms with E-state index in [0.717, 1.165) is 32.6 Å². The van der Waals surface area contributed by atoms with E-state index in [9.17, 15) is 9.59 Å². The molecule has 196 valence electrons. The van der Waals surface area contributed by atoms with Gasteiger partial charge in [-0.15, -0.1) is 0 Å². The van der Waals surface area contributed by atoms with Gasteiger partial charge in [-0.3, -0.25) is 15.1 Å². The molecule has 0 spiro atoms. The lowest BCUT2D eigenvalue weighted by Crippen LogP contribution is -2.43. The maximum atomic E-state index is 12.1. The molecule has 1 aromatic carbocycles. The minimum Gasteiger partial charge on any atom is -0.469 e. The van der Waals surface area contributed by atoms with Gasteiger partial charge in [-0.05, 0) is 56.5 Å². The van der Waals surface area contributed by atoms with E-state index in [2.05, 4.69) is 41.5 Å². The molecule has 4 aromatic rings. The quantitative estimate of drug-likeness (QED) is 0.342. The molecule has 10 nitrogen and oxygen atoms in total. The van der Waals surface area contributed by atoms with E-state index >= 15 is 0 Å². The maximum absolute atomic E-state index is 12.1. The Hall–Kier alpha value is -4.12. The summed E-state index contributed by atoms with van der Waals surface area (Å²) in [7, 11) is 1.44. The van der Waals surface area contributed by atoms with Crippen LogP contribution in [0.2, 0.25) is 0 Å². The molecule has 11 heteroatoms. The first-order chi connectivity index (χ1) is 18.4. The van der Waals surface area contributed by atoms with Crippen molar-refractivity contribution < 1.29 is 14.3 Å². The fraction of sp³-hybridized carbons (Fsp3) is 0.333. The number of anilines is 2. The third kappa shape index (κ3) is 5.14. The maximum Gasteiger partial charge on any atom is 0.321 e. The third-order valence-corrected chi connectivity index (χ3v) is 7.81. The first-order valence-electron chi connectivity index (χ1n) is 12.5. The number of amides is 2. The standard InChI is InChI=1S/C27H29N7O3S/c1-4-28-25(36)33-26-32-21-14-17(13-19(22(21)38-26)20-7-5-6-10-29-20)18-15-30-24(31-16-18)34-11-8-27(2,9-12-34)23(35)37-3/h5-7,10,13-16H,4,8-9,11-12H2,1-3H3,(H2,28,32,33,36). The molecule has 1 saturated heterocycles. The average Bonchev–Trinajstić information content (AvgIpc) is 3.35. The number of urea groups is 1. The van der Waals surface area contributed by atoms with Crippen LogP contribution >= 0.6 is 11.3 Å². The number of ether oxygens (including phenoxy) is 1. The van der Waals surface area contributed by atoms with Gasteiger partial charge in [0, 0.05) is 49.4 Å². The fourth-order valence-electron chi connectivity index (χ4n) is 4.55. The zero-order chi connectivity index (χ0) is 26.7. The summed E-state index contributed by atoms with van der Waals surface area (Å²) >= 11 is 1.41. The number of fused-ring (bicyclic) bond motifs is 1. The minimum absolute atomic E-state index is 0.168. The average molecular weight is 532 g/mol. The number of esters is 1. The lowest BCUT2D eigenvalue weighted by Gasteiger charge is -2.37. The van der Waals surface area contributed by atoms with Gasteiger partial charge in [0.2, 0.25) is 5.95 Å². The first-order valence-corrected chi connectivity index (χ1v) is 13.3. The van der Waals surface area contributed by atoms with E-state index in [1.807, 2.05) is 38.1 Å². The molecule has 0 aliphatic carbocycles. The Balaban J connectivity index is 1.44. The summed E-state index contributed by atoms with van der Waals surface area (Å²) < 4.78 is 5.91. The normalized spacial score (nSPS) is 14.8. The van der Waals surface area contributed by atoms with E-state index in [4.69, 9.17) is 4.74 Å². The fourth-order valence-corrected chi connectivity index (χ4v) is 5.52. The summed E-state index contributed by atoms with van der Waals surface area (Å²) in [5, 5.41) is 6.05. The van der Waals surface area contributed by atoms with Crippen LogP contribution in [0.5, 0.6) is 0 Å². The van der Waals surface area contributed by atoms with E-state index < -0.39 is 5.41 Å². The zero-order valence-electron chi connectivity index (χ0n) is 21.5. The summed E-state index contributed by atoms with van der Waals surface area (Å²) in [6, 6.07) is 9.51. The van der Waals surface area contributed by atoms with Crippen LogP contribution in [0.3, 0.4) is 0 Å². The molecular weight excluding hydrogens is 502 g/mol. The molecule has 1 aliphatic rings. The van der Waals surface area contributed by atoms with Gasteiger partial charge in [-0.2, -0.15) is 0 Å². The molecular formula is C27H29N7O3S. The number of nitrogens with one attached hydrogen (secondary N) is 2. The van der Waals surface area contributed by atoms with Gasteiger partial charge >= 0.3 is 12.0 Å². The van der Waals surface area contributed by atoms with Crippen molar-refractivity contribution in [2.24, 2.45) is 5.41 Å². The van der Waals surface area contributed by atoms with Gasteiger partial charge < -0.3 is 15.0 Å². The predicted molar refractivity (Wildman–Crippen MR) is 148 cm³/mol. The van der Waals surface area contributed by atoms with Crippen LogP contribution in [0.15, 0.2) is 48.9 Å². The van der Waals surface area contributed by atoms with Crippen molar-refractivity contribution >= 4 is 44.6 Å². The number of nitrogens with zero attached hydrogens (tertiary/aromatic N) is 5. The Labute approximate surface area is 224 Å². The molecule has 0 atom stereocenters. The third-order valence-electron chi connectivity index (χ3n) is 6.79.